The summed E-state index contributed by atoms with van der Waals surface area (Å²) in [6, 6.07) is 20.9. The second kappa shape index (κ2) is 7.08. The van der Waals surface area contributed by atoms with Gasteiger partial charge in [-0.2, -0.15) is 0 Å². The van der Waals surface area contributed by atoms with E-state index in [0.717, 1.165) is 33.6 Å². The highest BCUT2D eigenvalue weighted by Gasteiger charge is 2.19. The van der Waals surface area contributed by atoms with E-state index in [1.807, 2.05) is 65.1 Å². The lowest BCUT2D eigenvalue weighted by atomic mass is 9.99. The van der Waals surface area contributed by atoms with E-state index >= 15 is 0 Å². The molecule has 2 heterocycles. The van der Waals surface area contributed by atoms with Gasteiger partial charge in [0.2, 0.25) is 5.78 Å². The van der Waals surface area contributed by atoms with Gasteiger partial charge >= 0.3 is 0 Å². The monoisotopic (exact) mass is 397 g/mol. The molecule has 2 aromatic heterocycles. The molecule has 0 atom stereocenters. The Morgan fingerprint density at radius 3 is 2.30 bits per heavy atom. The van der Waals surface area contributed by atoms with E-state index < -0.39 is 0 Å². The second-order valence-electron chi connectivity index (χ2n) is 6.87. The van der Waals surface area contributed by atoms with Crippen LogP contribution in [0.3, 0.4) is 0 Å². The van der Waals surface area contributed by atoms with Crippen molar-refractivity contribution in [3.63, 3.8) is 0 Å². The standard InChI is InChI=1S/C24H19N3O3/c1-29-16-9-7-15(8-10-16)19-14-25-24-26-20-5-3-4-6-21(20)27(24)23(19)18-12-11-17(30-2)13-22(18)28/h3-14,28H,1-2H3. The summed E-state index contributed by atoms with van der Waals surface area (Å²) in [5.74, 6) is 2.05. The maximum atomic E-state index is 10.8. The summed E-state index contributed by atoms with van der Waals surface area (Å²) in [6.07, 6.45) is 1.79. The first-order valence-electron chi connectivity index (χ1n) is 9.47. The number of aromatic hydroxyl groups is 1. The SMILES string of the molecule is COc1ccc(-c2cnc3nc4ccccc4n3c2-c2ccc(OC)cc2O)cc1. The highest BCUT2D eigenvalue weighted by molar-refractivity contribution is 5.90. The number of phenols is 1. The summed E-state index contributed by atoms with van der Waals surface area (Å²) in [4.78, 5) is 9.25. The van der Waals surface area contributed by atoms with Crippen LogP contribution in [0.1, 0.15) is 0 Å². The molecular weight excluding hydrogens is 378 g/mol. The van der Waals surface area contributed by atoms with E-state index in [0.29, 0.717) is 17.1 Å². The Hall–Kier alpha value is -4.06. The van der Waals surface area contributed by atoms with Crippen molar-refractivity contribution in [1.82, 2.24) is 14.4 Å². The smallest absolute Gasteiger partial charge is 0.235 e. The molecule has 0 spiro atoms. The Bertz CT molecular complexity index is 1370. The minimum Gasteiger partial charge on any atom is -0.507 e. The minimum absolute atomic E-state index is 0.120. The van der Waals surface area contributed by atoms with Crippen molar-refractivity contribution in [2.75, 3.05) is 14.2 Å². The number of hydrogen-bond donors (Lipinski definition) is 1. The van der Waals surface area contributed by atoms with Crippen molar-refractivity contribution in [2.24, 2.45) is 0 Å². The third kappa shape index (κ3) is 2.81. The van der Waals surface area contributed by atoms with Crippen LogP contribution in [0.4, 0.5) is 0 Å². The molecule has 5 rings (SSSR count). The van der Waals surface area contributed by atoms with Crippen LogP contribution in [-0.2, 0) is 0 Å². The third-order valence-electron chi connectivity index (χ3n) is 5.19. The molecule has 0 aliphatic heterocycles. The van der Waals surface area contributed by atoms with Crippen LogP contribution in [0.25, 0.3) is 39.2 Å². The first kappa shape index (κ1) is 18.0. The molecule has 148 valence electrons. The van der Waals surface area contributed by atoms with Gasteiger partial charge in [0, 0.05) is 23.4 Å². The Morgan fingerprint density at radius 1 is 0.833 bits per heavy atom. The molecule has 0 saturated heterocycles. The third-order valence-corrected chi connectivity index (χ3v) is 5.19. The molecule has 0 amide bonds. The topological polar surface area (TPSA) is 68.9 Å². The number of methoxy groups -OCH3 is 2. The van der Waals surface area contributed by atoms with Crippen LogP contribution in [0.15, 0.2) is 72.9 Å². The fourth-order valence-corrected chi connectivity index (χ4v) is 3.71. The van der Waals surface area contributed by atoms with Crippen LogP contribution in [0.2, 0.25) is 0 Å². The van der Waals surface area contributed by atoms with Crippen molar-refractivity contribution in [3.05, 3.63) is 72.9 Å². The second-order valence-corrected chi connectivity index (χ2v) is 6.87. The summed E-state index contributed by atoms with van der Waals surface area (Å²) in [5.41, 5.74) is 5.05. The summed E-state index contributed by atoms with van der Waals surface area (Å²) in [6.45, 7) is 0. The zero-order valence-electron chi connectivity index (χ0n) is 16.5. The van der Waals surface area contributed by atoms with Gasteiger partial charge in [0.15, 0.2) is 0 Å². The Balaban J connectivity index is 1.88. The summed E-state index contributed by atoms with van der Waals surface area (Å²) in [7, 11) is 3.21. The van der Waals surface area contributed by atoms with Crippen LogP contribution in [0.5, 0.6) is 17.2 Å². The molecule has 0 aliphatic carbocycles. The molecule has 3 aromatic carbocycles. The lowest BCUT2D eigenvalue weighted by Gasteiger charge is -2.15. The van der Waals surface area contributed by atoms with Crippen molar-refractivity contribution < 1.29 is 14.6 Å². The number of imidazole rings is 1. The van der Waals surface area contributed by atoms with Gasteiger partial charge in [0.05, 0.1) is 30.9 Å². The number of fused-ring (bicyclic) bond motifs is 3. The Labute approximate surface area is 173 Å². The molecule has 1 N–H and O–H groups in total. The highest BCUT2D eigenvalue weighted by atomic mass is 16.5. The minimum atomic E-state index is 0.120. The van der Waals surface area contributed by atoms with Crippen LogP contribution < -0.4 is 9.47 Å². The van der Waals surface area contributed by atoms with Gasteiger partial charge in [-0.15, -0.1) is 0 Å². The number of hydrogen-bond acceptors (Lipinski definition) is 5. The van der Waals surface area contributed by atoms with Crippen molar-refractivity contribution >= 4 is 16.8 Å². The first-order valence-corrected chi connectivity index (χ1v) is 9.47. The molecular formula is C24H19N3O3. The average molecular weight is 397 g/mol. The number of phenolic OH excluding ortho intramolecular Hbond substituents is 1. The molecule has 6 heteroatoms. The number of nitrogens with zero attached hydrogens (tertiary/aromatic N) is 3. The molecule has 0 saturated carbocycles. The number of rotatable bonds is 4. The normalized spacial score (nSPS) is 11.1. The molecule has 5 aromatic rings. The lowest BCUT2D eigenvalue weighted by Crippen LogP contribution is -1.99. The van der Waals surface area contributed by atoms with Crippen LogP contribution >= 0.6 is 0 Å². The zero-order valence-corrected chi connectivity index (χ0v) is 16.5. The van der Waals surface area contributed by atoms with Gasteiger partial charge in [-0.05, 0) is 42.0 Å². The van der Waals surface area contributed by atoms with Gasteiger partial charge < -0.3 is 14.6 Å². The highest BCUT2D eigenvalue weighted by Crippen LogP contribution is 2.40. The zero-order chi connectivity index (χ0) is 20.7. The Kier molecular flexibility index (Phi) is 4.25. The summed E-state index contributed by atoms with van der Waals surface area (Å²) >= 11 is 0. The van der Waals surface area contributed by atoms with E-state index in [-0.39, 0.29) is 5.75 Å². The molecule has 0 fully saturated rings. The van der Waals surface area contributed by atoms with Gasteiger partial charge in [-0.3, -0.25) is 4.40 Å². The van der Waals surface area contributed by atoms with E-state index in [2.05, 4.69) is 9.97 Å². The molecule has 30 heavy (non-hydrogen) atoms. The number of para-hydroxylation sites is 2. The fraction of sp³-hybridized carbons (Fsp3) is 0.0833. The molecule has 0 unspecified atom stereocenters. The van der Waals surface area contributed by atoms with E-state index in [1.54, 1.807) is 26.5 Å². The maximum absolute atomic E-state index is 10.8. The van der Waals surface area contributed by atoms with Gasteiger partial charge in [-0.25, -0.2) is 9.97 Å². The van der Waals surface area contributed by atoms with Gasteiger partial charge in [0.1, 0.15) is 17.2 Å². The molecule has 0 radical (unpaired) electrons. The largest absolute Gasteiger partial charge is 0.507 e. The van der Waals surface area contributed by atoms with E-state index in [9.17, 15) is 5.11 Å². The van der Waals surface area contributed by atoms with Gasteiger partial charge in [-0.1, -0.05) is 24.3 Å². The Morgan fingerprint density at radius 2 is 1.57 bits per heavy atom. The average Bonchev–Trinajstić information content (AvgIpc) is 3.17. The van der Waals surface area contributed by atoms with Crippen molar-refractivity contribution in [3.8, 4) is 39.6 Å². The number of ether oxygens (including phenoxy) is 2. The molecule has 0 bridgehead atoms. The predicted octanol–water partition coefficient (Wildman–Crippen LogP) is 4.94. The molecule has 6 nitrogen and oxygen atoms in total. The number of benzene rings is 3. The summed E-state index contributed by atoms with van der Waals surface area (Å²) < 4.78 is 12.5. The van der Waals surface area contributed by atoms with Crippen LogP contribution in [0, 0.1) is 0 Å². The lowest BCUT2D eigenvalue weighted by molar-refractivity contribution is 0.408. The van der Waals surface area contributed by atoms with Crippen LogP contribution in [-0.4, -0.2) is 33.7 Å². The maximum Gasteiger partial charge on any atom is 0.235 e. The van der Waals surface area contributed by atoms with Crippen molar-refractivity contribution in [1.29, 1.82) is 0 Å². The van der Waals surface area contributed by atoms with E-state index in [1.165, 1.54) is 0 Å². The number of aromatic nitrogens is 3. The summed E-state index contributed by atoms with van der Waals surface area (Å²) in [5, 5.41) is 10.8. The van der Waals surface area contributed by atoms with Gasteiger partial charge in [0.25, 0.3) is 0 Å². The van der Waals surface area contributed by atoms with E-state index in [4.69, 9.17) is 9.47 Å². The fourth-order valence-electron chi connectivity index (χ4n) is 3.71. The quantitative estimate of drug-likeness (QED) is 0.465. The van der Waals surface area contributed by atoms with Crippen molar-refractivity contribution in [2.45, 2.75) is 0 Å². The predicted molar refractivity (Wildman–Crippen MR) is 116 cm³/mol. The first-order chi connectivity index (χ1) is 14.7. The molecule has 0 aliphatic rings.